The number of rotatable bonds is 4. The Morgan fingerprint density at radius 1 is 1.64 bits per heavy atom. The van der Waals surface area contributed by atoms with Gasteiger partial charge in [-0.15, -0.1) is 0 Å². The Morgan fingerprint density at radius 2 is 2.43 bits per heavy atom. The van der Waals surface area contributed by atoms with Crippen LogP contribution in [0.25, 0.3) is 0 Å². The molecule has 1 atom stereocenters. The predicted molar refractivity (Wildman–Crippen MR) is 55.8 cm³/mol. The van der Waals surface area contributed by atoms with Crippen molar-refractivity contribution in [1.82, 2.24) is 5.32 Å². The van der Waals surface area contributed by atoms with Gasteiger partial charge in [-0.05, 0) is 19.3 Å². The summed E-state index contributed by atoms with van der Waals surface area (Å²) in [6.45, 7) is 1.46. The van der Waals surface area contributed by atoms with E-state index in [1.54, 1.807) is 0 Å². The number of hydrogen-bond donors (Lipinski definition) is 2. The zero-order valence-corrected chi connectivity index (χ0v) is 8.49. The van der Waals surface area contributed by atoms with E-state index in [4.69, 9.17) is 5.11 Å². The van der Waals surface area contributed by atoms with Gasteiger partial charge in [0.1, 0.15) is 0 Å². The third-order valence-electron chi connectivity index (χ3n) is 2.18. The maximum atomic E-state index is 10.8. The summed E-state index contributed by atoms with van der Waals surface area (Å²) in [5.74, 6) is -0.0931. The Kier molecular flexibility index (Phi) is 4.40. The molecule has 0 saturated heterocycles. The fourth-order valence-corrected chi connectivity index (χ4v) is 1.55. The molecule has 1 aliphatic carbocycles. The van der Waals surface area contributed by atoms with Crippen LogP contribution in [0, 0.1) is 0 Å². The Hall–Kier alpha value is -1.09. The molecule has 1 aliphatic rings. The first kappa shape index (κ1) is 11.0. The lowest BCUT2D eigenvalue weighted by molar-refractivity contribution is -0.119. The molecule has 0 aromatic heterocycles. The van der Waals surface area contributed by atoms with Crippen molar-refractivity contribution >= 4 is 5.91 Å². The molecule has 0 saturated carbocycles. The monoisotopic (exact) mass is 195 g/mol. The maximum absolute atomic E-state index is 10.8. The molecule has 0 aromatic carbocycles. The van der Waals surface area contributed by atoms with E-state index >= 15 is 0 Å². The molecule has 0 bridgehead atoms. The Bertz CT molecular complexity index is 256. The lowest BCUT2D eigenvalue weighted by Gasteiger charge is -2.16. The van der Waals surface area contributed by atoms with E-state index in [1.165, 1.54) is 12.5 Å². The summed E-state index contributed by atoms with van der Waals surface area (Å²) in [5, 5.41) is 11.8. The maximum Gasteiger partial charge on any atom is 0.217 e. The summed E-state index contributed by atoms with van der Waals surface area (Å²) in [6, 6.07) is -0.151. The zero-order chi connectivity index (χ0) is 10.4. The molecule has 3 heteroatoms. The number of aliphatic hydroxyl groups is 1. The second-order valence-electron chi connectivity index (χ2n) is 3.54. The number of carbonyl (C=O) groups excluding carboxylic acids is 1. The van der Waals surface area contributed by atoms with Crippen molar-refractivity contribution in [2.24, 2.45) is 0 Å². The molecule has 78 valence electrons. The van der Waals surface area contributed by atoms with Crippen molar-refractivity contribution in [3.8, 4) is 0 Å². The van der Waals surface area contributed by atoms with Gasteiger partial charge in [-0.3, -0.25) is 4.79 Å². The number of allylic oxidation sites excluding steroid dienone is 3. The Labute approximate surface area is 84.5 Å². The fraction of sp³-hybridized carbons (Fsp3) is 0.545. The van der Waals surface area contributed by atoms with E-state index in [2.05, 4.69) is 23.5 Å². The first-order valence-electron chi connectivity index (χ1n) is 4.96. The number of amides is 1. The third kappa shape index (κ3) is 3.75. The second-order valence-corrected chi connectivity index (χ2v) is 3.54. The van der Waals surface area contributed by atoms with Crippen LogP contribution in [-0.2, 0) is 4.79 Å². The molecule has 1 unspecified atom stereocenters. The van der Waals surface area contributed by atoms with Gasteiger partial charge < -0.3 is 10.4 Å². The number of hydrogen-bond acceptors (Lipinski definition) is 2. The summed E-state index contributed by atoms with van der Waals surface area (Å²) >= 11 is 0. The molecule has 1 rings (SSSR count). The largest absolute Gasteiger partial charge is 0.394 e. The first-order chi connectivity index (χ1) is 6.72. The second kappa shape index (κ2) is 5.60. The van der Waals surface area contributed by atoms with Gasteiger partial charge in [0, 0.05) is 6.92 Å². The van der Waals surface area contributed by atoms with Crippen LogP contribution in [0.4, 0.5) is 0 Å². The highest BCUT2D eigenvalue weighted by Gasteiger charge is 2.10. The fourth-order valence-electron chi connectivity index (χ4n) is 1.55. The van der Waals surface area contributed by atoms with Crippen LogP contribution in [0.3, 0.4) is 0 Å². The van der Waals surface area contributed by atoms with E-state index in [9.17, 15) is 4.79 Å². The average Bonchev–Trinajstić information content (AvgIpc) is 2.17. The first-order valence-corrected chi connectivity index (χ1v) is 4.96. The quantitative estimate of drug-likeness (QED) is 0.707. The van der Waals surface area contributed by atoms with Gasteiger partial charge in [0.15, 0.2) is 0 Å². The molecule has 0 heterocycles. The van der Waals surface area contributed by atoms with Gasteiger partial charge >= 0.3 is 0 Å². The molecule has 0 aliphatic heterocycles. The molecule has 0 radical (unpaired) electrons. The molecule has 0 fully saturated rings. The summed E-state index contributed by atoms with van der Waals surface area (Å²) in [6.07, 6.45) is 9.21. The predicted octanol–water partition coefficient (Wildman–Crippen LogP) is 1.15. The number of carbonyl (C=O) groups is 1. The summed E-state index contributed by atoms with van der Waals surface area (Å²) < 4.78 is 0. The normalized spacial score (nSPS) is 17.4. The topological polar surface area (TPSA) is 49.3 Å². The average molecular weight is 195 g/mol. The standard InChI is InChI=1S/C11H17NO2/c1-9(14)12-11(8-13)7-10-5-3-2-4-6-10/h3,5-6,11,13H,2,4,7-8H2,1H3,(H,12,14). The highest BCUT2D eigenvalue weighted by atomic mass is 16.3. The van der Waals surface area contributed by atoms with Gasteiger partial charge in [0.2, 0.25) is 5.91 Å². The van der Waals surface area contributed by atoms with Crippen molar-refractivity contribution in [3.63, 3.8) is 0 Å². The van der Waals surface area contributed by atoms with Gasteiger partial charge in [-0.2, -0.15) is 0 Å². The van der Waals surface area contributed by atoms with Crippen LogP contribution < -0.4 is 5.32 Å². The van der Waals surface area contributed by atoms with Gasteiger partial charge in [-0.25, -0.2) is 0 Å². The third-order valence-corrected chi connectivity index (χ3v) is 2.18. The molecular formula is C11H17NO2. The number of nitrogens with one attached hydrogen (secondary N) is 1. The SMILES string of the molecule is CC(=O)NC(CO)CC1=CCCC=C1. The highest BCUT2D eigenvalue weighted by molar-refractivity contribution is 5.73. The van der Waals surface area contributed by atoms with E-state index in [-0.39, 0.29) is 18.6 Å². The lowest BCUT2D eigenvalue weighted by Crippen LogP contribution is -2.36. The van der Waals surface area contributed by atoms with Crippen LogP contribution in [0.5, 0.6) is 0 Å². The minimum absolute atomic E-state index is 0.00917. The van der Waals surface area contributed by atoms with E-state index in [0.29, 0.717) is 6.42 Å². The number of aliphatic hydroxyl groups excluding tert-OH is 1. The van der Waals surface area contributed by atoms with Crippen LogP contribution >= 0.6 is 0 Å². The molecule has 14 heavy (non-hydrogen) atoms. The molecule has 0 spiro atoms. The smallest absolute Gasteiger partial charge is 0.217 e. The van der Waals surface area contributed by atoms with Crippen molar-refractivity contribution < 1.29 is 9.90 Å². The molecule has 3 nitrogen and oxygen atoms in total. The Morgan fingerprint density at radius 3 is 2.93 bits per heavy atom. The summed E-state index contributed by atoms with van der Waals surface area (Å²) in [4.78, 5) is 10.8. The molecular weight excluding hydrogens is 178 g/mol. The van der Waals surface area contributed by atoms with Crippen LogP contribution in [0.15, 0.2) is 23.8 Å². The molecule has 0 aromatic rings. The summed E-state index contributed by atoms with van der Waals surface area (Å²) in [5.41, 5.74) is 1.20. The van der Waals surface area contributed by atoms with Crippen LogP contribution in [0.2, 0.25) is 0 Å². The van der Waals surface area contributed by atoms with Crippen molar-refractivity contribution in [2.75, 3.05) is 6.61 Å². The highest BCUT2D eigenvalue weighted by Crippen LogP contribution is 2.14. The van der Waals surface area contributed by atoms with Crippen molar-refractivity contribution in [3.05, 3.63) is 23.8 Å². The zero-order valence-electron chi connectivity index (χ0n) is 8.49. The van der Waals surface area contributed by atoms with Crippen molar-refractivity contribution in [1.29, 1.82) is 0 Å². The summed E-state index contributed by atoms with van der Waals surface area (Å²) in [7, 11) is 0. The van der Waals surface area contributed by atoms with Gasteiger partial charge in [0.25, 0.3) is 0 Å². The lowest BCUT2D eigenvalue weighted by atomic mass is 10.0. The minimum atomic E-state index is -0.151. The van der Waals surface area contributed by atoms with Gasteiger partial charge in [0.05, 0.1) is 12.6 Å². The van der Waals surface area contributed by atoms with Crippen LogP contribution in [0.1, 0.15) is 26.2 Å². The van der Waals surface area contributed by atoms with Crippen LogP contribution in [-0.4, -0.2) is 23.7 Å². The Balaban J connectivity index is 2.43. The minimum Gasteiger partial charge on any atom is -0.394 e. The van der Waals surface area contributed by atoms with E-state index in [0.717, 1.165) is 12.8 Å². The molecule has 1 amide bonds. The van der Waals surface area contributed by atoms with E-state index in [1.807, 2.05) is 0 Å². The molecule has 2 N–H and O–H groups in total. The van der Waals surface area contributed by atoms with Crippen molar-refractivity contribution in [2.45, 2.75) is 32.2 Å². The van der Waals surface area contributed by atoms with Gasteiger partial charge in [-0.1, -0.05) is 23.8 Å². The van der Waals surface area contributed by atoms with E-state index < -0.39 is 0 Å².